The van der Waals surface area contributed by atoms with Crippen LogP contribution in [0.25, 0.3) is 0 Å². The van der Waals surface area contributed by atoms with Gasteiger partial charge in [0.05, 0.1) is 7.11 Å². The summed E-state index contributed by atoms with van der Waals surface area (Å²) in [6, 6.07) is 11.4. The van der Waals surface area contributed by atoms with Crippen molar-refractivity contribution in [1.82, 2.24) is 14.5 Å². The van der Waals surface area contributed by atoms with Gasteiger partial charge in [-0.2, -0.15) is 0 Å². The number of carbonyl (C=O) groups is 1. The van der Waals surface area contributed by atoms with Crippen LogP contribution in [0.5, 0.6) is 5.75 Å². The lowest BCUT2D eigenvalue weighted by Gasteiger charge is -2.34. The Morgan fingerprint density at radius 3 is 2.47 bits per heavy atom. The highest BCUT2D eigenvalue weighted by atomic mass is 32.2. The van der Waals surface area contributed by atoms with E-state index in [0.29, 0.717) is 13.1 Å². The quantitative estimate of drug-likeness (QED) is 0.580. The van der Waals surface area contributed by atoms with Crippen molar-refractivity contribution >= 4 is 15.9 Å². The molecule has 1 saturated heterocycles. The zero-order valence-electron chi connectivity index (χ0n) is 18.1. The number of amides is 1. The van der Waals surface area contributed by atoms with Gasteiger partial charge in [0.15, 0.2) is 0 Å². The fourth-order valence-corrected chi connectivity index (χ4v) is 4.62. The molecule has 2 aromatic rings. The standard InChI is InChI=1S/C23H28FN3O4S/c1-3-11-25-32(29,30)22-17-19(6-9-21(22)24)23(28)27-15-13-26(14-16-27)12-10-18-4-7-20(31-2)8-5-18/h3-9,17,25H,1,10-16H2,2H3. The normalized spacial score (nSPS) is 14.9. The van der Waals surface area contributed by atoms with Crippen LogP contribution in [0.1, 0.15) is 15.9 Å². The smallest absolute Gasteiger partial charge is 0.253 e. The summed E-state index contributed by atoms with van der Waals surface area (Å²) >= 11 is 0. The molecule has 0 unspecified atom stereocenters. The molecule has 0 bridgehead atoms. The van der Waals surface area contributed by atoms with Crippen molar-refractivity contribution in [3.63, 3.8) is 0 Å². The lowest BCUT2D eigenvalue weighted by Crippen LogP contribution is -2.49. The number of halogens is 1. The first-order valence-corrected chi connectivity index (χ1v) is 11.9. The molecule has 1 aliphatic heterocycles. The number of benzene rings is 2. The van der Waals surface area contributed by atoms with Gasteiger partial charge in [-0.1, -0.05) is 18.2 Å². The van der Waals surface area contributed by atoms with Gasteiger partial charge in [0, 0.05) is 44.8 Å². The number of nitrogens with zero attached hydrogens (tertiary/aromatic N) is 2. The van der Waals surface area contributed by atoms with Crippen molar-refractivity contribution in [1.29, 1.82) is 0 Å². The molecule has 0 spiro atoms. The van der Waals surface area contributed by atoms with E-state index in [4.69, 9.17) is 4.74 Å². The van der Waals surface area contributed by atoms with E-state index in [2.05, 4.69) is 16.2 Å². The molecule has 172 valence electrons. The summed E-state index contributed by atoms with van der Waals surface area (Å²) < 4.78 is 46.1. The van der Waals surface area contributed by atoms with Crippen LogP contribution < -0.4 is 9.46 Å². The summed E-state index contributed by atoms with van der Waals surface area (Å²) in [7, 11) is -2.43. The minimum atomic E-state index is -4.07. The van der Waals surface area contributed by atoms with Crippen LogP contribution in [-0.2, 0) is 16.4 Å². The number of hydrogen-bond donors (Lipinski definition) is 1. The Kier molecular flexibility index (Phi) is 8.00. The van der Waals surface area contributed by atoms with E-state index in [-0.39, 0.29) is 18.0 Å². The molecule has 3 rings (SSSR count). The number of ether oxygens (including phenoxy) is 1. The number of carbonyl (C=O) groups excluding carboxylic acids is 1. The van der Waals surface area contributed by atoms with E-state index in [1.165, 1.54) is 17.7 Å². The summed E-state index contributed by atoms with van der Waals surface area (Å²) in [4.78, 5) is 16.3. The van der Waals surface area contributed by atoms with Crippen LogP contribution in [0, 0.1) is 5.82 Å². The van der Waals surface area contributed by atoms with Crippen molar-refractivity contribution in [2.24, 2.45) is 0 Å². The number of nitrogens with one attached hydrogen (secondary N) is 1. The van der Waals surface area contributed by atoms with Crippen molar-refractivity contribution in [3.05, 3.63) is 72.1 Å². The second-order valence-electron chi connectivity index (χ2n) is 7.52. The highest BCUT2D eigenvalue weighted by Gasteiger charge is 2.25. The largest absolute Gasteiger partial charge is 0.497 e. The first-order chi connectivity index (χ1) is 15.3. The Bertz CT molecular complexity index is 1050. The molecule has 1 heterocycles. The molecule has 0 saturated carbocycles. The van der Waals surface area contributed by atoms with Gasteiger partial charge in [0.1, 0.15) is 16.5 Å². The molecule has 32 heavy (non-hydrogen) atoms. The van der Waals surface area contributed by atoms with Gasteiger partial charge in [0.2, 0.25) is 10.0 Å². The van der Waals surface area contributed by atoms with Crippen LogP contribution in [0.4, 0.5) is 4.39 Å². The van der Waals surface area contributed by atoms with Gasteiger partial charge in [-0.25, -0.2) is 17.5 Å². The molecule has 7 nitrogen and oxygen atoms in total. The van der Waals surface area contributed by atoms with E-state index in [1.54, 1.807) is 12.0 Å². The molecule has 0 aromatic heterocycles. The second kappa shape index (κ2) is 10.7. The highest BCUT2D eigenvalue weighted by Crippen LogP contribution is 2.19. The summed E-state index contributed by atoms with van der Waals surface area (Å²) in [5.74, 6) is -0.379. The van der Waals surface area contributed by atoms with Crippen molar-refractivity contribution in [3.8, 4) is 5.75 Å². The van der Waals surface area contributed by atoms with Crippen molar-refractivity contribution in [2.75, 3.05) is 46.4 Å². The summed E-state index contributed by atoms with van der Waals surface area (Å²) in [5.41, 5.74) is 1.37. The maximum atomic E-state index is 14.1. The SMILES string of the molecule is C=CCNS(=O)(=O)c1cc(C(=O)N2CCN(CCc3ccc(OC)cc3)CC2)ccc1F. The third-order valence-corrected chi connectivity index (χ3v) is 6.86. The zero-order valence-corrected chi connectivity index (χ0v) is 18.9. The number of sulfonamides is 1. The topological polar surface area (TPSA) is 79.0 Å². The molecule has 1 aliphatic rings. The molecule has 1 fully saturated rings. The Morgan fingerprint density at radius 2 is 1.84 bits per heavy atom. The third-order valence-electron chi connectivity index (χ3n) is 5.42. The number of hydrogen-bond acceptors (Lipinski definition) is 5. The Morgan fingerprint density at radius 1 is 1.16 bits per heavy atom. The van der Waals surface area contributed by atoms with Gasteiger partial charge >= 0.3 is 0 Å². The molecule has 0 aliphatic carbocycles. The maximum absolute atomic E-state index is 14.1. The summed E-state index contributed by atoms with van der Waals surface area (Å²) in [6.45, 7) is 6.77. The average molecular weight is 462 g/mol. The van der Waals surface area contributed by atoms with E-state index < -0.39 is 20.7 Å². The van der Waals surface area contributed by atoms with E-state index >= 15 is 0 Å². The maximum Gasteiger partial charge on any atom is 0.253 e. The van der Waals surface area contributed by atoms with Crippen molar-refractivity contribution < 1.29 is 22.3 Å². The van der Waals surface area contributed by atoms with Crippen molar-refractivity contribution in [2.45, 2.75) is 11.3 Å². The fraction of sp³-hybridized carbons (Fsp3) is 0.348. The second-order valence-corrected chi connectivity index (χ2v) is 9.25. The van der Waals surface area contributed by atoms with Crippen LogP contribution in [0.3, 0.4) is 0 Å². The zero-order chi connectivity index (χ0) is 23.1. The minimum absolute atomic E-state index is 0.0293. The Labute approximate surface area is 188 Å². The average Bonchev–Trinajstić information content (AvgIpc) is 2.82. The summed E-state index contributed by atoms with van der Waals surface area (Å²) in [6.07, 6.45) is 2.26. The molecule has 0 radical (unpaired) electrons. The molecular formula is C23H28FN3O4S. The third kappa shape index (κ3) is 5.93. The van der Waals surface area contributed by atoms with Gasteiger partial charge in [0.25, 0.3) is 5.91 Å². The fourth-order valence-electron chi connectivity index (χ4n) is 3.53. The monoisotopic (exact) mass is 461 g/mol. The Balaban J connectivity index is 1.58. The lowest BCUT2D eigenvalue weighted by atomic mass is 10.1. The van der Waals surface area contributed by atoms with E-state index in [0.717, 1.165) is 43.9 Å². The van der Waals surface area contributed by atoms with Crippen LogP contribution in [0.15, 0.2) is 60.0 Å². The molecular weight excluding hydrogens is 433 g/mol. The van der Waals surface area contributed by atoms with Crippen LogP contribution >= 0.6 is 0 Å². The number of piperazine rings is 1. The van der Waals surface area contributed by atoms with Gasteiger partial charge in [-0.15, -0.1) is 6.58 Å². The lowest BCUT2D eigenvalue weighted by molar-refractivity contribution is 0.0638. The predicted octanol–water partition coefficient (Wildman–Crippen LogP) is 2.30. The molecule has 9 heteroatoms. The molecule has 2 aromatic carbocycles. The predicted molar refractivity (Wildman–Crippen MR) is 121 cm³/mol. The molecule has 0 atom stereocenters. The first kappa shape index (κ1) is 23.9. The minimum Gasteiger partial charge on any atom is -0.497 e. The van der Waals surface area contributed by atoms with Gasteiger partial charge < -0.3 is 9.64 Å². The highest BCUT2D eigenvalue weighted by molar-refractivity contribution is 7.89. The summed E-state index contributed by atoms with van der Waals surface area (Å²) in [5, 5.41) is 0. The number of rotatable bonds is 9. The van der Waals surface area contributed by atoms with Gasteiger partial charge in [-0.3, -0.25) is 9.69 Å². The van der Waals surface area contributed by atoms with E-state index in [9.17, 15) is 17.6 Å². The Hall–Kier alpha value is -2.75. The number of methoxy groups -OCH3 is 1. The van der Waals surface area contributed by atoms with E-state index in [1.807, 2.05) is 24.3 Å². The molecule has 1 N–H and O–H groups in total. The van der Waals surface area contributed by atoms with Crippen LogP contribution in [0.2, 0.25) is 0 Å². The first-order valence-electron chi connectivity index (χ1n) is 10.4. The molecule has 1 amide bonds. The van der Waals surface area contributed by atoms with Gasteiger partial charge in [-0.05, 0) is 42.3 Å². The van der Waals surface area contributed by atoms with Crippen LogP contribution in [-0.4, -0.2) is 70.5 Å².